The molecule has 0 aliphatic carbocycles. The van der Waals surface area contributed by atoms with Crippen molar-refractivity contribution >= 4 is 23.1 Å². The first-order chi connectivity index (χ1) is 14.0. The Labute approximate surface area is 170 Å². The first kappa shape index (κ1) is 20.2. The number of para-hydroxylation sites is 1. The van der Waals surface area contributed by atoms with Crippen LogP contribution in [0.4, 0.5) is 17.2 Å². The molecule has 0 saturated carbocycles. The lowest BCUT2D eigenvalue weighted by atomic mass is 10.0. The van der Waals surface area contributed by atoms with E-state index in [4.69, 9.17) is 9.47 Å². The van der Waals surface area contributed by atoms with Crippen LogP contribution in [0.1, 0.15) is 35.7 Å². The van der Waals surface area contributed by atoms with Crippen LogP contribution in [0, 0.1) is 0 Å². The Balaban J connectivity index is 1.76. The van der Waals surface area contributed by atoms with Gasteiger partial charge >= 0.3 is 0 Å². The number of ether oxygens (including phenoxy) is 2. The second kappa shape index (κ2) is 9.10. The molecule has 1 heterocycles. The van der Waals surface area contributed by atoms with Gasteiger partial charge in [-0.25, -0.2) is 4.98 Å². The van der Waals surface area contributed by atoms with Crippen LogP contribution in [0.3, 0.4) is 0 Å². The van der Waals surface area contributed by atoms with Crippen molar-refractivity contribution in [2.45, 2.75) is 19.8 Å². The number of methoxy groups -OCH3 is 2. The van der Waals surface area contributed by atoms with Crippen molar-refractivity contribution in [1.29, 1.82) is 0 Å². The molecule has 0 saturated heterocycles. The summed E-state index contributed by atoms with van der Waals surface area (Å²) >= 11 is 0. The molecule has 0 aliphatic rings. The van der Waals surface area contributed by atoms with E-state index in [1.54, 1.807) is 30.5 Å². The lowest BCUT2D eigenvalue weighted by molar-refractivity contribution is 0.102. The average Bonchev–Trinajstić information content (AvgIpc) is 2.74. The van der Waals surface area contributed by atoms with Crippen molar-refractivity contribution < 1.29 is 14.3 Å². The van der Waals surface area contributed by atoms with Gasteiger partial charge in [-0.15, -0.1) is 0 Å². The maximum Gasteiger partial charge on any atom is 0.264 e. The van der Waals surface area contributed by atoms with E-state index in [0.29, 0.717) is 28.8 Å². The second-order valence-electron chi connectivity index (χ2n) is 6.79. The van der Waals surface area contributed by atoms with Crippen LogP contribution in [-0.4, -0.2) is 25.1 Å². The van der Waals surface area contributed by atoms with Gasteiger partial charge in [-0.2, -0.15) is 0 Å². The molecule has 0 unspecified atom stereocenters. The molecular formula is C23H25N3O3. The van der Waals surface area contributed by atoms with Gasteiger partial charge in [0.15, 0.2) is 0 Å². The number of anilines is 3. The number of hydrogen-bond acceptors (Lipinski definition) is 5. The molecule has 0 atom stereocenters. The van der Waals surface area contributed by atoms with Gasteiger partial charge in [-0.3, -0.25) is 4.79 Å². The largest absolute Gasteiger partial charge is 0.496 e. The minimum absolute atomic E-state index is 0.326. The van der Waals surface area contributed by atoms with Crippen molar-refractivity contribution in [2.75, 3.05) is 24.9 Å². The smallest absolute Gasteiger partial charge is 0.264 e. The summed E-state index contributed by atoms with van der Waals surface area (Å²) in [6.07, 6.45) is 1.69. The number of carbonyl (C=O) groups excluding carboxylic acids is 1. The zero-order chi connectivity index (χ0) is 20.8. The van der Waals surface area contributed by atoms with Crippen LogP contribution < -0.4 is 20.1 Å². The van der Waals surface area contributed by atoms with Crippen molar-refractivity contribution in [3.63, 3.8) is 0 Å². The SMILES string of the molecule is COc1cccc(OC)c1C(=O)Nc1ccc(Nc2ccccc2C(C)C)cn1. The molecule has 6 heteroatoms. The number of nitrogens with one attached hydrogen (secondary N) is 2. The van der Waals surface area contributed by atoms with Crippen molar-refractivity contribution in [2.24, 2.45) is 0 Å². The van der Waals surface area contributed by atoms with Crippen LogP contribution in [0.2, 0.25) is 0 Å². The summed E-state index contributed by atoms with van der Waals surface area (Å²) in [6.45, 7) is 4.31. The molecule has 0 fully saturated rings. The number of rotatable bonds is 7. The van der Waals surface area contributed by atoms with Gasteiger partial charge in [0.05, 0.1) is 26.1 Å². The van der Waals surface area contributed by atoms with E-state index >= 15 is 0 Å². The molecule has 0 radical (unpaired) electrons. The molecule has 0 aliphatic heterocycles. The fourth-order valence-electron chi connectivity index (χ4n) is 3.07. The third-order valence-corrected chi connectivity index (χ3v) is 4.52. The summed E-state index contributed by atoms with van der Waals surface area (Å²) in [5.74, 6) is 1.36. The highest BCUT2D eigenvalue weighted by atomic mass is 16.5. The summed E-state index contributed by atoms with van der Waals surface area (Å²) in [6, 6.07) is 17.0. The number of amides is 1. The van der Waals surface area contributed by atoms with Crippen LogP contribution >= 0.6 is 0 Å². The van der Waals surface area contributed by atoms with Crippen LogP contribution in [0.25, 0.3) is 0 Å². The van der Waals surface area contributed by atoms with Crippen molar-refractivity contribution in [3.05, 3.63) is 71.9 Å². The van der Waals surface area contributed by atoms with Gasteiger partial charge in [0.25, 0.3) is 5.91 Å². The molecule has 6 nitrogen and oxygen atoms in total. The average molecular weight is 391 g/mol. The Morgan fingerprint density at radius 3 is 2.21 bits per heavy atom. The number of benzene rings is 2. The lowest BCUT2D eigenvalue weighted by Crippen LogP contribution is -2.15. The monoisotopic (exact) mass is 391 g/mol. The highest BCUT2D eigenvalue weighted by molar-refractivity contribution is 6.07. The van der Waals surface area contributed by atoms with Gasteiger partial charge in [0, 0.05) is 5.69 Å². The zero-order valence-corrected chi connectivity index (χ0v) is 17.0. The predicted molar refractivity (Wildman–Crippen MR) is 116 cm³/mol. The van der Waals surface area contributed by atoms with E-state index in [2.05, 4.69) is 35.5 Å². The van der Waals surface area contributed by atoms with Crippen molar-refractivity contribution in [1.82, 2.24) is 4.98 Å². The van der Waals surface area contributed by atoms with E-state index in [-0.39, 0.29) is 5.91 Å². The highest BCUT2D eigenvalue weighted by Gasteiger charge is 2.18. The molecule has 1 aromatic heterocycles. The number of hydrogen-bond donors (Lipinski definition) is 2. The first-order valence-electron chi connectivity index (χ1n) is 9.37. The van der Waals surface area contributed by atoms with Gasteiger partial charge in [-0.1, -0.05) is 38.1 Å². The van der Waals surface area contributed by atoms with E-state index in [9.17, 15) is 4.79 Å². The maximum absolute atomic E-state index is 12.7. The highest BCUT2D eigenvalue weighted by Crippen LogP contribution is 2.29. The van der Waals surface area contributed by atoms with Gasteiger partial charge < -0.3 is 20.1 Å². The van der Waals surface area contributed by atoms with Crippen LogP contribution in [0.15, 0.2) is 60.8 Å². The summed E-state index contributed by atoms with van der Waals surface area (Å²) < 4.78 is 10.6. The number of nitrogens with zero attached hydrogens (tertiary/aromatic N) is 1. The fraction of sp³-hybridized carbons (Fsp3) is 0.217. The van der Waals surface area contributed by atoms with E-state index in [1.165, 1.54) is 19.8 Å². The van der Waals surface area contributed by atoms with Crippen LogP contribution in [-0.2, 0) is 0 Å². The Kier molecular flexibility index (Phi) is 6.34. The molecule has 150 valence electrons. The molecule has 2 N–H and O–H groups in total. The van der Waals surface area contributed by atoms with Gasteiger partial charge in [-0.05, 0) is 41.8 Å². The normalized spacial score (nSPS) is 10.5. The minimum atomic E-state index is -0.349. The maximum atomic E-state index is 12.7. The number of carbonyl (C=O) groups is 1. The lowest BCUT2D eigenvalue weighted by Gasteiger charge is -2.15. The molecular weight excluding hydrogens is 366 g/mol. The minimum Gasteiger partial charge on any atom is -0.496 e. The molecule has 0 bridgehead atoms. The van der Waals surface area contributed by atoms with Gasteiger partial charge in [0.2, 0.25) is 0 Å². The third kappa shape index (κ3) is 4.66. The van der Waals surface area contributed by atoms with Gasteiger partial charge in [0.1, 0.15) is 22.9 Å². The Bertz CT molecular complexity index is 963. The predicted octanol–water partition coefficient (Wildman–Crippen LogP) is 5.22. The third-order valence-electron chi connectivity index (χ3n) is 4.52. The second-order valence-corrected chi connectivity index (χ2v) is 6.79. The summed E-state index contributed by atoms with van der Waals surface area (Å²) in [5.41, 5.74) is 3.44. The molecule has 2 aromatic carbocycles. The van der Waals surface area contributed by atoms with Crippen molar-refractivity contribution in [3.8, 4) is 11.5 Å². The summed E-state index contributed by atoms with van der Waals surface area (Å²) in [7, 11) is 3.03. The molecule has 0 spiro atoms. The fourth-order valence-corrected chi connectivity index (χ4v) is 3.07. The topological polar surface area (TPSA) is 72.5 Å². The Morgan fingerprint density at radius 1 is 0.931 bits per heavy atom. The standard InChI is InChI=1S/C23H25N3O3/c1-15(2)17-8-5-6-9-18(17)25-16-12-13-21(24-14-16)26-23(27)22-19(28-3)10-7-11-20(22)29-4/h5-15,25H,1-4H3,(H,24,26,27). The van der Waals surface area contributed by atoms with E-state index in [1.807, 2.05) is 24.3 Å². The molecule has 3 aromatic rings. The molecule has 3 rings (SSSR count). The number of aromatic nitrogens is 1. The van der Waals surface area contributed by atoms with E-state index < -0.39 is 0 Å². The summed E-state index contributed by atoms with van der Waals surface area (Å²) in [4.78, 5) is 17.1. The quantitative estimate of drug-likeness (QED) is 0.578. The molecule has 29 heavy (non-hydrogen) atoms. The Hall–Kier alpha value is -3.54. The first-order valence-corrected chi connectivity index (χ1v) is 9.37. The Morgan fingerprint density at radius 2 is 1.62 bits per heavy atom. The van der Waals surface area contributed by atoms with E-state index in [0.717, 1.165) is 11.4 Å². The molecule has 1 amide bonds. The number of pyridine rings is 1. The zero-order valence-electron chi connectivity index (χ0n) is 17.0. The summed E-state index contributed by atoms with van der Waals surface area (Å²) in [5, 5.41) is 6.18. The van der Waals surface area contributed by atoms with Crippen LogP contribution in [0.5, 0.6) is 11.5 Å².